The number of fused-ring (bicyclic) bond motifs is 2. The Morgan fingerprint density at radius 2 is 1.88 bits per heavy atom. The molecule has 0 aromatic heterocycles. The molecule has 1 aromatic carbocycles. The first-order chi connectivity index (χ1) is 7.51. The van der Waals surface area contributed by atoms with Crippen molar-refractivity contribution in [3.05, 3.63) is 28.8 Å². The highest BCUT2D eigenvalue weighted by Crippen LogP contribution is 2.40. The van der Waals surface area contributed by atoms with Crippen molar-refractivity contribution in [2.45, 2.75) is 42.4 Å². The highest BCUT2D eigenvalue weighted by atomic mass is 32.2. The molecule has 3 nitrogen and oxygen atoms in total. The van der Waals surface area contributed by atoms with Crippen molar-refractivity contribution < 1.29 is 8.42 Å². The average Bonchev–Trinajstić information content (AvgIpc) is 2.76. The fourth-order valence-electron chi connectivity index (χ4n) is 2.77. The van der Waals surface area contributed by atoms with Crippen molar-refractivity contribution in [3.63, 3.8) is 0 Å². The zero-order valence-electron chi connectivity index (χ0n) is 9.23. The standard InChI is InChI=1S/C12H15NO2S/c1-7-12(13)10-5-8-3-2-4-9(8)6-11(10)16(7,14)15/h5-7,12H,2-4,13H2,1H3. The van der Waals surface area contributed by atoms with Gasteiger partial charge in [-0.25, -0.2) is 8.42 Å². The number of rotatable bonds is 0. The van der Waals surface area contributed by atoms with E-state index in [2.05, 4.69) is 0 Å². The van der Waals surface area contributed by atoms with Crippen LogP contribution in [0.5, 0.6) is 0 Å². The predicted molar refractivity (Wildman–Crippen MR) is 62.0 cm³/mol. The maximum absolute atomic E-state index is 12.1. The van der Waals surface area contributed by atoms with E-state index in [-0.39, 0.29) is 6.04 Å². The van der Waals surface area contributed by atoms with Gasteiger partial charge < -0.3 is 5.73 Å². The normalized spacial score (nSPS) is 30.1. The number of hydrogen-bond acceptors (Lipinski definition) is 3. The highest BCUT2D eigenvalue weighted by molar-refractivity contribution is 7.92. The number of hydrogen-bond donors (Lipinski definition) is 1. The first-order valence-electron chi connectivity index (χ1n) is 5.67. The molecule has 0 spiro atoms. The minimum absolute atomic E-state index is 0.356. The lowest BCUT2D eigenvalue weighted by Crippen LogP contribution is -2.23. The summed E-state index contributed by atoms with van der Waals surface area (Å²) in [6.07, 6.45) is 3.19. The fraction of sp³-hybridized carbons (Fsp3) is 0.500. The van der Waals surface area contributed by atoms with Gasteiger partial charge in [-0.2, -0.15) is 0 Å². The van der Waals surface area contributed by atoms with E-state index in [1.807, 2.05) is 12.1 Å². The molecule has 2 N–H and O–H groups in total. The van der Waals surface area contributed by atoms with Gasteiger partial charge in [-0.1, -0.05) is 6.07 Å². The van der Waals surface area contributed by atoms with Crippen molar-refractivity contribution in [1.82, 2.24) is 0 Å². The zero-order valence-corrected chi connectivity index (χ0v) is 10.0. The monoisotopic (exact) mass is 237 g/mol. The highest BCUT2D eigenvalue weighted by Gasteiger charge is 2.40. The maximum atomic E-state index is 12.1. The molecule has 1 heterocycles. The SMILES string of the molecule is CC1C(N)c2cc3c(cc2S1(=O)=O)CCC3. The summed E-state index contributed by atoms with van der Waals surface area (Å²) >= 11 is 0. The Bertz CT molecular complexity index is 563. The molecular weight excluding hydrogens is 222 g/mol. The third-order valence-corrected chi connectivity index (χ3v) is 6.12. The second-order valence-corrected chi connectivity index (χ2v) is 7.06. The number of sulfone groups is 1. The Kier molecular flexibility index (Phi) is 1.98. The molecule has 16 heavy (non-hydrogen) atoms. The van der Waals surface area contributed by atoms with Gasteiger partial charge in [0, 0.05) is 6.04 Å². The maximum Gasteiger partial charge on any atom is 0.183 e. The second-order valence-electron chi connectivity index (χ2n) is 4.79. The molecule has 3 rings (SSSR count). The third kappa shape index (κ3) is 1.14. The summed E-state index contributed by atoms with van der Waals surface area (Å²) in [6.45, 7) is 1.70. The van der Waals surface area contributed by atoms with Crippen LogP contribution < -0.4 is 5.73 Å². The minimum Gasteiger partial charge on any atom is -0.323 e. The van der Waals surface area contributed by atoms with E-state index in [4.69, 9.17) is 5.73 Å². The van der Waals surface area contributed by atoms with E-state index in [9.17, 15) is 8.42 Å². The topological polar surface area (TPSA) is 60.2 Å². The van der Waals surface area contributed by atoms with Crippen molar-refractivity contribution >= 4 is 9.84 Å². The molecule has 2 unspecified atom stereocenters. The summed E-state index contributed by atoms with van der Waals surface area (Å²) < 4.78 is 24.2. The van der Waals surface area contributed by atoms with Gasteiger partial charge in [0.15, 0.2) is 9.84 Å². The summed E-state index contributed by atoms with van der Waals surface area (Å²) in [4.78, 5) is 0.480. The number of benzene rings is 1. The van der Waals surface area contributed by atoms with Crippen molar-refractivity contribution in [2.24, 2.45) is 5.73 Å². The molecule has 0 radical (unpaired) electrons. The summed E-state index contributed by atoms with van der Waals surface area (Å²) in [5, 5.41) is -0.481. The van der Waals surface area contributed by atoms with E-state index in [1.54, 1.807) is 6.92 Å². The summed E-state index contributed by atoms with van der Waals surface area (Å²) in [6, 6.07) is 3.52. The van der Waals surface area contributed by atoms with E-state index < -0.39 is 15.1 Å². The molecule has 2 atom stereocenters. The smallest absolute Gasteiger partial charge is 0.183 e. The van der Waals surface area contributed by atoms with Gasteiger partial charge in [-0.3, -0.25) is 0 Å². The van der Waals surface area contributed by atoms with Gasteiger partial charge in [-0.05, 0) is 48.9 Å². The van der Waals surface area contributed by atoms with Crippen molar-refractivity contribution in [3.8, 4) is 0 Å². The van der Waals surface area contributed by atoms with Crippen LogP contribution in [0, 0.1) is 0 Å². The third-order valence-electron chi connectivity index (χ3n) is 3.89. The van der Waals surface area contributed by atoms with Crippen molar-refractivity contribution in [1.29, 1.82) is 0 Å². The molecule has 0 saturated heterocycles. The van der Waals surface area contributed by atoms with Crippen LogP contribution >= 0.6 is 0 Å². The Balaban J connectivity index is 2.29. The Hall–Kier alpha value is -0.870. The van der Waals surface area contributed by atoms with Crippen LogP contribution in [0.15, 0.2) is 17.0 Å². The zero-order chi connectivity index (χ0) is 11.5. The van der Waals surface area contributed by atoms with E-state index >= 15 is 0 Å². The number of aryl methyl sites for hydroxylation is 2. The quantitative estimate of drug-likeness (QED) is 0.741. The molecule has 0 fully saturated rings. The molecular formula is C12H15NO2S. The van der Waals surface area contributed by atoms with Crippen LogP contribution in [0.25, 0.3) is 0 Å². The largest absolute Gasteiger partial charge is 0.323 e. The molecule has 1 aromatic rings. The van der Waals surface area contributed by atoms with Gasteiger partial charge in [0.2, 0.25) is 0 Å². The van der Waals surface area contributed by atoms with Crippen LogP contribution in [0.4, 0.5) is 0 Å². The lowest BCUT2D eigenvalue weighted by atomic mass is 10.0. The van der Waals surface area contributed by atoms with Gasteiger partial charge in [0.05, 0.1) is 10.1 Å². The minimum atomic E-state index is -3.18. The molecule has 2 aliphatic rings. The first-order valence-corrected chi connectivity index (χ1v) is 7.21. The molecule has 0 bridgehead atoms. The predicted octanol–water partition coefficient (Wildman–Crippen LogP) is 1.35. The van der Waals surface area contributed by atoms with Crippen LogP contribution in [-0.2, 0) is 22.7 Å². The Morgan fingerprint density at radius 3 is 2.56 bits per heavy atom. The molecule has 4 heteroatoms. The summed E-state index contributed by atoms with van der Waals surface area (Å²) in [5.41, 5.74) is 9.30. The van der Waals surface area contributed by atoms with Gasteiger partial charge >= 0.3 is 0 Å². The van der Waals surface area contributed by atoms with Crippen LogP contribution in [0.1, 0.15) is 36.1 Å². The molecule has 1 aliphatic carbocycles. The van der Waals surface area contributed by atoms with E-state index in [0.717, 1.165) is 24.8 Å². The lowest BCUT2D eigenvalue weighted by molar-refractivity contribution is 0.581. The summed E-state index contributed by atoms with van der Waals surface area (Å²) in [7, 11) is -3.18. The number of nitrogens with two attached hydrogens (primary N) is 1. The lowest BCUT2D eigenvalue weighted by Gasteiger charge is -2.08. The molecule has 1 aliphatic heterocycles. The Labute approximate surface area is 95.6 Å². The Morgan fingerprint density at radius 1 is 1.25 bits per heavy atom. The summed E-state index contributed by atoms with van der Waals surface area (Å²) in [5.74, 6) is 0. The molecule has 0 saturated carbocycles. The van der Waals surface area contributed by atoms with Crippen molar-refractivity contribution in [2.75, 3.05) is 0 Å². The van der Waals surface area contributed by atoms with Gasteiger partial charge in [0.25, 0.3) is 0 Å². The molecule has 86 valence electrons. The molecule has 0 amide bonds. The van der Waals surface area contributed by atoms with E-state index in [1.165, 1.54) is 11.1 Å². The van der Waals surface area contributed by atoms with Gasteiger partial charge in [0.1, 0.15) is 0 Å². The van der Waals surface area contributed by atoms with Crippen LogP contribution in [0.2, 0.25) is 0 Å². The van der Waals surface area contributed by atoms with E-state index in [0.29, 0.717) is 4.90 Å². The fourth-order valence-corrected chi connectivity index (χ4v) is 4.54. The van der Waals surface area contributed by atoms with Crippen LogP contribution in [0.3, 0.4) is 0 Å². The second kappa shape index (κ2) is 3.08. The van der Waals surface area contributed by atoms with Gasteiger partial charge in [-0.15, -0.1) is 0 Å². The van der Waals surface area contributed by atoms with Crippen LogP contribution in [-0.4, -0.2) is 13.7 Å². The first kappa shape index (κ1) is 10.3. The average molecular weight is 237 g/mol.